The van der Waals surface area contributed by atoms with Gasteiger partial charge in [-0.3, -0.25) is 9.59 Å². The van der Waals surface area contributed by atoms with Gasteiger partial charge in [0.15, 0.2) is 5.82 Å². The molecule has 134 valence electrons. The first-order valence-corrected chi connectivity index (χ1v) is 8.33. The van der Waals surface area contributed by atoms with Crippen LogP contribution < -0.4 is 10.9 Å². The van der Waals surface area contributed by atoms with Crippen LogP contribution >= 0.6 is 0 Å². The van der Waals surface area contributed by atoms with Crippen LogP contribution in [-0.2, 0) is 11.3 Å². The van der Waals surface area contributed by atoms with Crippen LogP contribution in [0.4, 0.5) is 5.69 Å². The standard InChI is InChI=1S/C19H20N4O3/c1-12(2)14-4-7-16(8-5-14)21-17(24)11-23-10-15(6-9-18(23)25)19-20-13(3)22-26-19/h4-10,12H,11H2,1-3H3,(H,21,24). The summed E-state index contributed by atoms with van der Waals surface area (Å²) < 4.78 is 6.41. The van der Waals surface area contributed by atoms with Crippen LogP contribution in [0.25, 0.3) is 11.5 Å². The average Bonchev–Trinajstić information content (AvgIpc) is 3.03. The van der Waals surface area contributed by atoms with E-state index in [0.29, 0.717) is 28.9 Å². The summed E-state index contributed by atoms with van der Waals surface area (Å²) in [6.07, 6.45) is 1.54. The topological polar surface area (TPSA) is 90.0 Å². The van der Waals surface area contributed by atoms with E-state index in [9.17, 15) is 9.59 Å². The number of amides is 1. The minimum absolute atomic E-state index is 0.105. The van der Waals surface area contributed by atoms with Gasteiger partial charge < -0.3 is 14.4 Å². The van der Waals surface area contributed by atoms with Crippen molar-refractivity contribution in [3.05, 3.63) is 64.3 Å². The Kier molecular flexibility index (Phi) is 4.97. The van der Waals surface area contributed by atoms with Gasteiger partial charge in [-0.25, -0.2) is 0 Å². The number of rotatable bonds is 5. The van der Waals surface area contributed by atoms with Crippen molar-refractivity contribution >= 4 is 11.6 Å². The second kappa shape index (κ2) is 7.35. The predicted molar refractivity (Wildman–Crippen MR) is 97.9 cm³/mol. The Hall–Kier alpha value is -3.22. The second-order valence-electron chi connectivity index (χ2n) is 6.36. The summed E-state index contributed by atoms with van der Waals surface area (Å²) in [5, 5.41) is 6.53. The molecule has 0 unspecified atom stereocenters. The summed E-state index contributed by atoms with van der Waals surface area (Å²) in [4.78, 5) is 28.4. The van der Waals surface area contributed by atoms with Crippen LogP contribution in [0.1, 0.15) is 31.2 Å². The van der Waals surface area contributed by atoms with Gasteiger partial charge in [0, 0.05) is 18.0 Å². The fourth-order valence-electron chi connectivity index (χ4n) is 2.50. The maximum absolute atomic E-state index is 12.3. The van der Waals surface area contributed by atoms with E-state index in [1.165, 1.54) is 22.4 Å². The van der Waals surface area contributed by atoms with Gasteiger partial charge in [-0.2, -0.15) is 4.98 Å². The number of carbonyl (C=O) groups is 1. The molecule has 0 aliphatic carbocycles. The zero-order chi connectivity index (χ0) is 18.7. The highest BCUT2D eigenvalue weighted by molar-refractivity contribution is 5.90. The van der Waals surface area contributed by atoms with E-state index in [2.05, 4.69) is 29.3 Å². The first-order valence-electron chi connectivity index (χ1n) is 8.33. The van der Waals surface area contributed by atoms with Crippen LogP contribution in [-0.4, -0.2) is 20.6 Å². The predicted octanol–water partition coefficient (Wildman–Crippen LogP) is 2.97. The van der Waals surface area contributed by atoms with Gasteiger partial charge in [-0.05, 0) is 36.6 Å². The van der Waals surface area contributed by atoms with E-state index in [4.69, 9.17) is 4.52 Å². The van der Waals surface area contributed by atoms with Crippen molar-refractivity contribution in [2.75, 3.05) is 5.32 Å². The van der Waals surface area contributed by atoms with E-state index in [0.717, 1.165) is 0 Å². The fraction of sp³-hybridized carbons (Fsp3) is 0.263. The molecule has 1 amide bonds. The van der Waals surface area contributed by atoms with Crippen LogP contribution in [0.5, 0.6) is 0 Å². The zero-order valence-corrected chi connectivity index (χ0v) is 14.9. The molecule has 1 aromatic carbocycles. The van der Waals surface area contributed by atoms with Crippen molar-refractivity contribution in [2.24, 2.45) is 0 Å². The van der Waals surface area contributed by atoms with Crippen LogP contribution in [0.3, 0.4) is 0 Å². The molecule has 2 heterocycles. The van der Waals surface area contributed by atoms with Gasteiger partial charge in [0.1, 0.15) is 6.54 Å². The van der Waals surface area contributed by atoms with Gasteiger partial charge in [-0.1, -0.05) is 31.1 Å². The molecule has 0 atom stereocenters. The molecule has 0 fully saturated rings. The lowest BCUT2D eigenvalue weighted by atomic mass is 10.0. The van der Waals surface area contributed by atoms with Gasteiger partial charge >= 0.3 is 0 Å². The van der Waals surface area contributed by atoms with Crippen molar-refractivity contribution < 1.29 is 9.32 Å². The van der Waals surface area contributed by atoms with Crippen molar-refractivity contribution in [2.45, 2.75) is 33.2 Å². The third-order valence-corrected chi connectivity index (χ3v) is 3.93. The smallest absolute Gasteiger partial charge is 0.259 e. The van der Waals surface area contributed by atoms with Gasteiger partial charge in [0.05, 0.1) is 5.56 Å². The van der Waals surface area contributed by atoms with Gasteiger partial charge in [0.25, 0.3) is 11.4 Å². The third kappa shape index (κ3) is 4.05. The number of aryl methyl sites for hydroxylation is 1. The molecule has 0 aliphatic rings. The van der Waals surface area contributed by atoms with Crippen LogP contribution in [0.15, 0.2) is 51.9 Å². The molecular weight excluding hydrogens is 332 g/mol. The van der Waals surface area contributed by atoms with Crippen molar-refractivity contribution in [3.8, 4) is 11.5 Å². The average molecular weight is 352 g/mol. The van der Waals surface area contributed by atoms with E-state index in [-0.39, 0.29) is 18.0 Å². The number of pyridine rings is 1. The van der Waals surface area contributed by atoms with E-state index >= 15 is 0 Å². The van der Waals surface area contributed by atoms with Crippen molar-refractivity contribution in [3.63, 3.8) is 0 Å². The van der Waals surface area contributed by atoms with Crippen LogP contribution in [0.2, 0.25) is 0 Å². The highest BCUT2D eigenvalue weighted by atomic mass is 16.5. The Balaban J connectivity index is 1.73. The lowest BCUT2D eigenvalue weighted by Gasteiger charge is -2.10. The van der Waals surface area contributed by atoms with E-state index in [1.54, 1.807) is 13.0 Å². The van der Waals surface area contributed by atoms with E-state index in [1.807, 2.05) is 24.3 Å². The molecule has 0 bridgehead atoms. The second-order valence-corrected chi connectivity index (χ2v) is 6.36. The minimum Gasteiger partial charge on any atom is -0.334 e. The number of nitrogens with one attached hydrogen (secondary N) is 1. The molecule has 7 heteroatoms. The first kappa shape index (κ1) is 17.6. The highest BCUT2D eigenvalue weighted by Crippen LogP contribution is 2.17. The summed E-state index contributed by atoms with van der Waals surface area (Å²) in [6.45, 7) is 5.82. The Morgan fingerprint density at radius 1 is 1.19 bits per heavy atom. The number of hydrogen-bond donors (Lipinski definition) is 1. The quantitative estimate of drug-likeness (QED) is 0.762. The molecule has 3 rings (SSSR count). The fourth-order valence-corrected chi connectivity index (χ4v) is 2.50. The summed E-state index contributed by atoms with van der Waals surface area (Å²) >= 11 is 0. The van der Waals surface area contributed by atoms with Gasteiger partial charge in [0.2, 0.25) is 5.91 Å². The summed E-state index contributed by atoms with van der Waals surface area (Å²) in [7, 11) is 0. The maximum atomic E-state index is 12.3. The molecule has 3 aromatic rings. The molecular formula is C19H20N4O3. The molecule has 2 aromatic heterocycles. The summed E-state index contributed by atoms with van der Waals surface area (Å²) in [6, 6.07) is 10.6. The molecule has 1 N–H and O–H groups in total. The molecule has 0 aliphatic heterocycles. The molecule has 0 saturated heterocycles. The zero-order valence-electron chi connectivity index (χ0n) is 14.9. The molecule has 26 heavy (non-hydrogen) atoms. The van der Waals surface area contributed by atoms with Crippen molar-refractivity contribution in [1.29, 1.82) is 0 Å². The lowest BCUT2D eigenvalue weighted by Crippen LogP contribution is -2.26. The first-order chi connectivity index (χ1) is 12.4. The van der Waals surface area contributed by atoms with Gasteiger partial charge in [-0.15, -0.1) is 0 Å². The Morgan fingerprint density at radius 2 is 1.92 bits per heavy atom. The number of anilines is 1. The monoisotopic (exact) mass is 352 g/mol. The largest absolute Gasteiger partial charge is 0.334 e. The highest BCUT2D eigenvalue weighted by Gasteiger charge is 2.11. The molecule has 0 spiro atoms. The van der Waals surface area contributed by atoms with E-state index < -0.39 is 0 Å². The molecule has 0 saturated carbocycles. The number of nitrogens with zero attached hydrogens (tertiary/aromatic N) is 3. The number of hydrogen-bond acceptors (Lipinski definition) is 5. The molecule has 7 nitrogen and oxygen atoms in total. The Labute approximate surface area is 150 Å². The number of aromatic nitrogens is 3. The Bertz CT molecular complexity index is 971. The number of benzene rings is 1. The number of carbonyl (C=O) groups excluding carboxylic acids is 1. The maximum Gasteiger partial charge on any atom is 0.259 e. The third-order valence-electron chi connectivity index (χ3n) is 3.93. The summed E-state index contributed by atoms with van der Waals surface area (Å²) in [5.74, 6) is 0.943. The molecule has 0 radical (unpaired) electrons. The SMILES string of the molecule is Cc1noc(-c2ccc(=O)n(CC(=O)Nc3ccc(C(C)C)cc3)c2)n1. The normalized spacial score (nSPS) is 10.9. The minimum atomic E-state index is -0.289. The van der Waals surface area contributed by atoms with Crippen molar-refractivity contribution in [1.82, 2.24) is 14.7 Å². The van der Waals surface area contributed by atoms with Crippen LogP contribution in [0, 0.1) is 6.92 Å². The summed E-state index contributed by atoms with van der Waals surface area (Å²) in [5.41, 5.74) is 2.19. The Morgan fingerprint density at radius 3 is 2.54 bits per heavy atom. The lowest BCUT2D eigenvalue weighted by molar-refractivity contribution is -0.116.